The summed E-state index contributed by atoms with van der Waals surface area (Å²) in [5, 5.41) is 7.96. The third kappa shape index (κ3) is 5.03. The fourth-order valence-electron chi connectivity index (χ4n) is 2.29. The van der Waals surface area contributed by atoms with Gasteiger partial charge in [-0.3, -0.25) is 4.79 Å². The molecule has 1 aliphatic rings. The van der Waals surface area contributed by atoms with Gasteiger partial charge in [0.1, 0.15) is 0 Å². The summed E-state index contributed by atoms with van der Waals surface area (Å²) in [6.07, 6.45) is 0.591. The number of hydrogen-bond acceptors (Lipinski definition) is 4. The lowest BCUT2D eigenvalue weighted by Gasteiger charge is -2.11. The lowest BCUT2D eigenvalue weighted by atomic mass is 10.1. The summed E-state index contributed by atoms with van der Waals surface area (Å²) >= 11 is 0. The molecule has 0 radical (unpaired) electrons. The molecule has 3 N–H and O–H groups in total. The molecule has 0 aromatic heterocycles. The molecule has 0 aliphatic carbocycles. The van der Waals surface area contributed by atoms with Gasteiger partial charge in [-0.05, 0) is 36.6 Å². The van der Waals surface area contributed by atoms with Crippen molar-refractivity contribution in [1.82, 2.24) is 5.32 Å². The minimum absolute atomic E-state index is 0.0158. The average Bonchev–Trinajstić information content (AvgIpc) is 2.78. The average molecular weight is 325 g/mol. The molecule has 1 aliphatic heterocycles. The number of carbonyl (C=O) groups excluding carboxylic acids is 2. The molecule has 1 fully saturated rings. The van der Waals surface area contributed by atoms with E-state index in [-0.39, 0.29) is 29.4 Å². The third-order valence-corrected chi connectivity index (χ3v) is 5.18. The van der Waals surface area contributed by atoms with Crippen LogP contribution in [0.5, 0.6) is 0 Å². The minimum Gasteiger partial charge on any atom is -0.338 e. The van der Waals surface area contributed by atoms with E-state index in [2.05, 4.69) is 16.0 Å². The molecule has 0 spiro atoms. The Bertz CT molecular complexity index is 655. The molecule has 1 heterocycles. The number of anilines is 2. The van der Waals surface area contributed by atoms with Crippen LogP contribution in [0.4, 0.5) is 16.2 Å². The molecule has 1 atom stereocenters. The van der Waals surface area contributed by atoms with Crippen LogP contribution in [0.1, 0.15) is 13.3 Å². The Morgan fingerprint density at radius 1 is 1.14 bits per heavy atom. The maximum atomic E-state index is 11.8. The number of nitrogens with one attached hydrogen (secondary N) is 3. The van der Waals surface area contributed by atoms with Crippen molar-refractivity contribution in [2.45, 2.75) is 13.3 Å². The summed E-state index contributed by atoms with van der Waals surface area (Å²) in [7, 11) is -2.92. The molecule has 7 nitrogen and oxygen atoms in total. The normalized spacial score (nSPS) is 19.4. The summed E-state index contributed by atoms with van der Waals surface area (Å²) < 4.78 is 22.7. The first-order chi connectivity index (χ1) is 10.3. The number of sulfone groups is 1. The van der Waals surface area contributed by atoms with E-state index in [9.17, 15) is 18.0 Å². The highest BCUT2D eigenvalue weighted by Crippen LogP contribution is 2.17. The van der Waals surface area contributed by atoms with Crippen LogP contribution >= 0.6 is 0 Å². The first-order valence-corrected chi connectivity index (χ1v) is 8.79. The van der Waals surface area contributed by atoms with Gasteiger partial charge >= 0.3 is 6.03 Å². The number of amides is 3. The molecule has 120 valence electrons. The van der Waals surface area contributed by atoms with E-state index in [0.717, 1.165) is 0 Å². The van der Waals surface area contributed by atoms with Crippen molar-refractivity contribution in [3.63, 3.8) is 0 Å². The zero-order valence-electron chi connectivity index (χ0n) is 12.3. The topological polar surface area (TPSA) is 104 Å². The molecular weight excluding hydrogens is 306 g/mol. The number of rotatable bonds is 4. The van der Waals surface area contributed by atoms with Gasteiger partial charge in [-0.25, -0.2) is 13.2 Å². The summed E-state index contributed by atoms with van der Waals surface area (Å²) in [6.45, 7) is 1.76. The SMILES string of the molecule is CC(=O)Nc1ccc(NC(=O)NCC2CCS(=O)(=O)C2)cc1. The number of carbonyl (C=O) groups is 2. The summed E-state index contributed by atoms with van der Waals surface area (Å²) in [5.74, 6) is 0.160. The number of urea groups is 1. The number of hydrogen-bond donors (Lipinski definition) is 3. The van der Waals surface area contributed by atoms with Gasteiger partial charge in [0, 0.05) is 24.8 Å². The van der Waals surface area contributed by atoms with E-state index < -0.39 is 9.84 Å². The Balaban J connectivity index is 1.78. The van der Waals surface area contributed by atoms with E-state index >= 15 is 0 Å². The van der Waals surface area contributed by atoms with Gasteiger partial charge in [0.05, 0.1) is 11.5 Å². The maximum absolute atomic E-state index is 11.8. The second kappa shape index (κ2) is 6.78. The molecule has 1 aromatic carbocycles. The quantitative estimate of drug-likeness (QED) is 0.773. The van der Waals surface area contributed by atoms with E-state index in [4.69, 9.17) is 0 Å². The zero-order chi connectivity index (χ0) is 16.2. The fraction of sp³-hybridized carbons (Fsp3) is 0.429. The van der Waals surface area contributed by atoms with Crippen LogP contribution < -0.4 is 16.0 Å². The van der Waals surface area contributed by atoms with Crippen molar-refractivity contribution >= 4 is 33.2 Å². The van der Waals surface area contributed by atoms with Crippen LogP contribution in [0, 0.1) is 5.92 Å². The van der Waals surface area contributed by atoms with E-state index in [1.807, 2.05) is 0 Å². The molecule has 2 rings (SSSR count). The highest BCUT2D eigenvalue weighted by atomic mass is 32.2. The molecule has 1 unspecified atom stereocenters. The molecule has 1 saturated heterocycles. The lowest BCUT2D eigenvalue weighted by molar-refractivity contribution is -0.114. The van der Waals surface area contributed by atoms with Crippen LogP contribution in [-0.4, -0.2) is 38.4 Å². The molecule has 0 bridgehead atoms. The van der Waals surface area contributed by atoms with Gasteiger partial charge in [0.25, 0.3) is 0 Å². The zero-order valence-corrected chi connectivity index (χ0v) is 13.1. The predicted octanol–water partition coefficient (Wildman–Crippen LogP) is 1.20. The van der Waals surface area contributed by atoms with Crippen molar-refractivity contribution in [1.29, 1.82) is 0 Å². The lowest BCUT2D eigenvalue weighted by Crippen LogP contribution is -2.33. The molecule has 3 amide bonds. The van der Waals surface area contributed by atoms with Crippen molar-refractivity contribution in [3.8, 4) is 0 Å². The van der Waals surface area contributed by atoms with E-state index in [1.54, 1.807) is 24.3 Å². The van der Waals surface area contributed by atoms with Crippen LogP contribution in [0.2, 0.25) is 0 Å². The minimum atomic E-state index is -2.92. The van der Waals surface area contributed by atoms with Gasteiger partial charge in [0.15, 0.2) is 9.84 Å². The molecule has 0 saturated carbocycles. The number of benzene rings is 1. The van der Waals surface area contributed by atoms with Crippen LogP contribution in [0.15, 0.2) is 24.3 Å². The fourth-order valence-corrected chi connectivity index (χ4v) is 4.15. The molecule has 22 heavy (non-hydrogen) atoms. The van der Waals surface area contributed by atoms with Gasteiger partial charge in [-0.2, -0.15) is 0 Å². The Hall–Kier alpha value is -2.09. The van der Waals surface area contributed by atoms with Crippen LogP contribution in [0.3, 0.4) is 0 Å². The first-order valence-electron chi connectivity index (χ1n) is 6.97. The molecular formula is C14H19N3O4S. The largest absolute Gasteiger partial charge is 0.338 e. The van der Waals surface area contributed by atoms with Crippen molar-refractivity contribution in [2.24, 2.45) is 5.92 Å². The Morgan fingerprint density at radius 2 is 1.73 bits per heavy atom. The van der Waals surface area contributed by atoms with Gasteiger partial charge in [0.2, 0.25) is 5.91 Å². The van der Waals surface area contributed by atoms with E-state index in [0.29, 0.717) is 24.3 Å². The van der Waals surface area contributed by atoms with E-state index in [1.165, 1.54) is 6.92 Å². The third-order valence-electron chi connectivity index (χ3n) is 3.34. The summed E-state index contributed by atoms with van der Waals surface area (Å²) in [4.78, 5) is 22.7. The Morgan fingerprint density at radius 3 is 2.23 bits per heavy atom. The van der Waals surface area contributed by atoms with Gasteiger partial charge < -0.3 is 16.0 Å². The predicted molar refractivity (Wildman–Crippen MR) is 84.5 cm³/mol. The summed E-state index contributed by atoms with van der Waals surface area (Å²) in [5.41, 5.74) is 1.24. The maximum Gasteiger partial charge on any atom is 0.319 e. The smallest absolute Gasteiger partial charge is 0.319 e. The Kier molecular flexibility index (Phi) is 5.02. The highest BCUT2D eigenvalue weighted by Gasteiger charge is 2.27. The Labute approximate surface area is 129 Å². The van der Waals surface area contributed by atoms with Crippen molar-refractivity contribution in [2.75, 3.05) is 28.7 Å². The summed E-state index contributed by atoms with van der Waals surface area (Å²) in [6, 6.07) is 6.33. The van der Waals surface area contributed by atoms with Crippen LogP contribution in [0.25, 0.3) is 0 Å². The van der Waals surface area contributed by atoms with Gasteiger partial charge in [-0.15, -0.1) is 0 Å². The van der Waals surface area contributed by atoms with Crippen LogP contribution in [-0.2, 0) is 14.6 Å². The molecule has 1 aromatic rings. The second-order valence-corrected chi connectivity index (χ2v) is 7.59. The highest BCUT2D eigenvalue weighted by molar-refractivity contribution is 7.91. The second-order valence-electron chi connectivity index (χ2n) is 5.36. The molecule has 8 heteroatoms. The van der Waals surface area contributed by atoms with Gasteiger partial charge in [-0.1, -0.05) is 0 Å². The monoisotopic (exact) mass is 325 g/mol. The first kappa shape index (κ1) is 16.3. The van der Waals surface area contributed by atoms with Crippen molar-refractivity contribution in [3.05, 3.63) is 24.3 Å². The van der Waals surface area contributed by atoms with Crippen molar-refractivity contribution < 1.29 is 18.0 Å². The standard InChI is InChI=1S/C14H19N3O4S/c1-10(18)16-12-2-4-13(5-3-12)17-14(19)15-8-11-6-7-22(20,21)9-11/h2-5,11H,6-9H2,1H3,(H,16,18)(H2,15,17,19).